The highest BCUT2D eigenvalue weighted by Gasteiger charge is 2.34. The quantitative estimate of drug-likeness (QED) is 0.547. The van der Waals surface area contributed by atoms with Gasteiger partial charge in [-0.3, -0.25) is 4.79 Å². The molecule has 1 rings (SSSR count). The molecule has 0 heterocycles. The first kappa shape index (κ1) is 9.50. The maximum Gasteiger partial charge on any atom is 0.139 e. The van der Waals surface area contributed by atoms with Crippen molar-refractivity contribution in [1.29, 1.82) is 0 Å². The molecule has 12 heavy (non-hydrogen) atoms. The second kappa shape index (κ2) is 3.04. The highest BCUT2D eigenvalue weighted by Crippen LogP contribution is 2.40. The average molecular weight is 166 g/mol. The summed E-state index contributed by atoms with van der Waals surface area (Å²) in [4.78, 5) is 11.4. The molecule has 1 unspecified atom stereocenters. The fraction of sp³-hybridized carbons (Fsp3) is 0.727. The highest BCUT2D eigenvalue weighted by molar-refractivity contribution is 5.85. The van der Waals surface area contributed by atoms with E-state index < -0.39 is 0 Å². The van der Waals surface area contributed by atoms with Crippen molar-refractivity contribution in [3.8, 4) is 0 Å². The zero-order valence-electron chi connectivity index (χ0n) is 8.53. The minimum absolute atomic E-state index is 0.150. The van der Waals surface area contributed by atoms with Crippen molar-refractivity contribution in [3.05, 3.63) is 11.1 Å². The van der Waals surface area contributed by atoms with Gasteiger partial charge >= 0.3 is 0 Å². The molecule has 0 bridgehead atoms. The predicted octanol–water partition coefficient (Wildman–Crippen LogP) is 3.10. The molecule has 0 saturated carbocycles. The van der Waals surface area contributed by atoms with Crippen LogP contribution in [0.15, 0.2) is 11.1 Å². The standard InChI is InChI=1S/C11H18O/c1-8-6-5-7-11(4,9(8)2)10(3)12/h5-7H2,1-4H3. The maximum atomic E-state index is 11.4. The Bertz CT molecular complexity index is 237. The van der Waals surface area contributed by atoms with Crippen LogP contribution in [0.5, 0.6) is 0 Å². The Hall–Kier alpha value is -0.590. The summed E-state index contributed by atoms with van der Waals surface area (Å²) in [5, 5.41) is 0. The summed E-state index contributed by atoms with van der Waals surface area (Å²) in [5.41, 5.74) is 2.57. The van der Waals surface area contributed by atoms with Crippen LogP contribution in [0.25, 0.3) is 0 Å². The van der Waals surface area contributed by atoms with Crippen LogP contribution in [-0.2, 0) is 4.79 Å². The third kappa shape index (κ3) is 1.33. The normalized spacial score (nSPS) is 30.7. The monoisotopic (exact) mass is 166 g/mol. The Morgan fingerprint density at radius 3 is 2.42 bits per heavy atom. The number of ketones is 1. The van der Waals surface area contributed by atoms with E-state index in [4.69, 9.17) is 0 Å². The van der Waals surface area contributed by atoms with Crippen LogP contribution >= 0.6 is 0 Å². The number of carbonyl (C=O) groups is 1. The molecule has 68 valence electrons. The zero-order valence-corrected chi connectivity index (χ0v) is 8.53. The lowest BCUT2D eigenvalue weighted by atomic mass is 9.70. The third-order valence-corrected chi connectivity index (χ3v) is 3.47. The van der Waals surface area contributed by atoms with E-state index in [0.717, 1.165) is 6.42 Å². The van der Waals surface area contributed by atoms with Crippen LogP contribution in [0, 0.1) is 5.41 Å². The Kier molecular flexibility index (Phi) is 2.41. The number of rotatable bonds is 1. The summed E-state index contributed by atoms with van der Waals surface area (Å²) in [5.74, 6) is 0.319. The summed E-state index contributed by atoms with van der Waals surface area (Å²) >= 11 is 0. The minimum atomic E-state index is -0.150. The first-order valence-corrected chi connectivity index (χ1v) is 4.66. The number of hydrogen-bond donors (Lipinski definition) is 0. The second-order valence-corrected chi connectivity index (χ2v) is 4.15. The molecule has 0 fully saturated rings. The SMILES string of the molecule is CC(=O)C1(C)CCCC(C)=C1C. The van der Waals surface area contributed by atoms with Gasteiger partial charge in [0.15, 0.2) is 0 Å². The lowest BCUT2D eigenvalue weighted by Crippen LogP contribution is -2.30. The Labute approximate surface area is 74.9 Å². The van der Waals surface area contributed by atoms with Gasteiger partial charge in [-0.25, -0.2) is 0 Å². The van der Waals surface area contributed by atoms with Crippen molar-refractivity contribution in [2.75, 3.05) is 0 Å². The van der Waals surface area contributed by atoms with E-state index in [2.05, 4.69) is 20.8 Å². The van der Waals surface area contributed by atoms with Gasteiger partial charge in [0.05, 0.1) is 0 Å². The lowest BCUT2D eigenvalue weighted by molar-refractivity contribution is -0.124. The molecule has 1 aliphatic rings. The highest BCUT2D eigenvalue weighted by atomic mass is 16.1. The Balaban J connectivity index is 3.06. The smallest absolute Gasteiger partial charge is 0.139 e. The number of hydrogen-bond acceptors (Lipinski definition) is 1. The molecule has 0 aliphatic heterocycles. The molecule has 0 aromatic rings. The van der Waals surface area contributed by atoms with Gasteiger partial charge in [-0.1, -0.05) is 11.1 Å². The molecule has 1 atom stereocenters. The molecular weight excluding hydrogens is 148 g/mol. The molecule has 0 spiro atoms. The van der Waals surface area contributed by atoms with E-state index in [1.165, 1.54) is 24.0 Å². The fourth-order valence-electron chi connectivity index (χ4n) is 1.99. The van der Waals surface area contributed by atoms with E-state index in [1.807, 2.05) is 0 Å². The van der Waals surface area contributed by atoms with Gasteiger partial charge in [0, 0.05) is 5.41 Å². The van der Waals surface area contributed by atoms with Crippen molar-refractivity contribution in [3.63, 3.8) is 0 Å². The Morgan fingerprint density at radius 2 is 2.00 bits per heavy atom. The van der Waals surface area contributed by atoms with E-state index in [0.29, 0.717) is 5.78 Å². The van der Waals surface area contributed by atoms with Gasteiger partial charge in [0.1, 0.15) is 5.78 Å². The van der Waals surface area contributed by atoms with Gasteiger partial charge in [0.2, 0.25) is 0 Å². The zero-order chi connectivity index (χ0) is 9.35. The molecule has 0 saturated heterocycles. The first-order chi connectivity index (χ1) is 5.48. The molecule has 1 heteroatoms. The van der Waals surface area contributed by atoms with E-state index in [9.17, 15) is 4.79 Å². The summed E-state index contributed by atoms with van der Waals surface area (Å²) in [7, 11) is 0. The molecule has 1 aliphatic carbocycles. The van der Waals surface area contributed by atoms with Crippen molar-refractivity contribution in [2.45, 2.75) is 47.0 Å². The predicted molar refractivity (Wildman–Crippen MR) is 51.0 cm³/mol. The second-order valence-electron chi connectivity index (χ2n) is 4.15. The molecule has 1 nitrogen and oxygen atoms in total. The summed E-state index contributed by atoms with van der Waals surface area (Å²) in [6, 6.07) is 0. The van der Waals surface area contributed by atoms with Gasteiger partial charge in [0.25, 0.3) is 0 Å². The first-order valence-electron chi connectivity index (χ1n) is 4.66. The average Bonchev–Trinajstić information content (AvgIpc) is 2.00. The van der Waals surface area contributed by atoms with Gasteiger partial charge < -0.3 is 0 Å². The van der Waals surface area contributed by atoms with Crippen LogP contribution in [0.3, 0.4) is 0 Å². The van der Waals surface area contributed by atoms with Crippen LogP contribution in [0.1, 0.15) is 47.0 Å². The molecular formula is C11H18O. The molecule has 0 amide bonds. The minimum Gasteiger partial charge on any atom is -0.299 e. The third-order valence-electron chi connectivity index (χ3n) is 3.47. The van der Waals surface area contributed by atoms with E-state index in [-0.39, 0.29) is 5.41 Å². The van der Waals surface area contributed by atoms with Crippen LogP contribution in [0.4, 0.5) is 0 Å². The number of Topliss-reactive ketones (excluding diaryl/α,β-unsaturated/α-hetero) is 1. The fourth-order valence-corrected chi connectivity index (χ4v) is 1.99. The van der Waals surface area contributed by atoms with Gasteiger partial charge in [-0.2, -0.15) is 0 Å². The largest absolute Gasteiger partial charge is 0.299 e. The number of allylic oxidation sites excluding steroid dienone is 2. The summed E-state index contributed by atoms with van der Waals surface area (Å²) < 4.78 is 0. The van der Waals surface area contributed by atoms with Crippen molar-refractivity contribution < 1.29 is 4.79 Å². The molecule has 0 aromatic heterocycles. The topological polar surface area (TPSA) is 17.1 Å². The molecule has 0 N–H and O–H groups in total. The van der Waals surface area contributed by atoms with Crippen molar-refractivity contribution >= 4 is 5.78 Å². The summed E-state index contributed by atoms with van der Waals surface area (Å²) in [6.45, 7) is 8.04. The molecule has 0 aromatic carbocycles. The van der Waals surface area contributed by atoms with Crippen LogP contribution < -0.4 is 0 Å². The van der Waals surface area contributed by atoms with Crippen LogP contribution in [-0.4, -0.2) is 5.78 Å². The van der Waals surface area contributed by atoms with E-state index >= 15 is 0 Å². The van der Waals surface area contributed by atoms with Gasteiger partial charge in [-0.15, -0.1) is 0 Å². The Morgan fingerprint density at radius 1 is 1.42 bits per heavy atom. The van der Waals surface area contributed by atoms with E-state index in [1.54, 1.807) is 6.92 Å². The summed E-state index contributed by atoms with van der Waals surface area (Å²) in [6.07, 6.45) is 3.37. The van der Waals surface area contributed by atoms with Crippen LogP contribution in [0.2, 0.25) is 0 Å². The number of carbonyl (C=O) groups excluding carboxylic acids is 1. The van der Waals surface area contributed by atoms with Crippen molar-refractivity contribution in [2.24, 2.45) is 5.41 Å². The van der Waals surface area contributed by atoms with Gasteiger partial charge in [-0.05, 0) is 47.0 Å². The van der Waals surface area contributed by atoms with Crippen molar-refractivity contribution in [1.82, 2.24) is 0 Å². The molecule has 0 radical (unpaired) electrons. The maximum absolute atomic E-state index is 11.4. The lowest BCUT2D eigenvalue weighted by Gasteiger charge is -2.33.